The van der Waals surface area contributed by atoms with E-state index in [0.29, 0.717) is 17.9 Å². The van der Waals surface area contributed by atoms with Crippen LogP contribution >= 0.6 is 0 Å². The second-order valence-corrected chi connectivity index (χ2v) is 8.78. The van der Waals surface area contributed by atoms with Gasteiger partial charge in [0.1, 0.15) is 5.82 Å². The minimum Gasteiger partial charge on any atom is -0.329 e. The number of piperidine rings is 1. The molecule has 1 aromatic carbocycles. The summed E-state index contributed by atoms with van der Waals surface area (Å²) in [5.41, 5.74) is 6.53. The molecule has 0 spiro atoms. The van der Waals surface area contributed by atoms with Crippen molar-refractivity contribution in [1.82, 2.24) is 24.5 Å². The van der Waals surface area contributed by atoms with E-state index in [1.807, 2.05) is 43.9 Å². The molecule has 1 fully saturated rings. The van der Waals surface area contributed by atoms with Gasteiger partial charge in [0.2, 0.25) is 0 Å². The van der Waals surface area contributed by atoms with Gasteiger partial charge in [-0.3, -0.25) is 9.78 Å². The molecule has 0 bridgehead atoms. The van der Waals surface area contributed by atoms with Gasteiger partial charge in [0.15, 0.2) is 11.3 Å². The summed E-state index contributed by atoms with van der Waals surface area (Å²) >= 11 is 0. The molecule has 5 rings (SSSR count). The van der Waals surface area contributed by atoms with Gasteiger partial charge in [-0.2, -0.15) is 5.10 Å². The van der Waals surface area contributed by atoms with Gasteiger partial charge in [-0.15, -0.1) is 0 Å². The Bertz CT molecular complexity index is 1350. The van der Waals surface area contributed by atoms with Crippen LogP contribution < -0.4 is 0 Å². The fourth-order valence-corrected chi connectivity index (χ4v) is 4.69. The van der Waals surface area contributed by atoms with Crippen LogP contribution in [0.15, 0.2) is 48.5 Å². The van der Waals surface area contributed by atoms with E-state index in [0.717, 1.165) is 53.2 Å². The number of nitrogens with zero attached hydrogens (tertiary/aromatic N) is 5. The largest absolute Gasteiger partial charge is 0.329 e. The molecule has 0 radical (unpaired) electrons. The summed E-state index contributed by atoms with van der Waals surface area (Å²) in [5.74, 6) is -0.366. The quantitative estimate of drug-likeness (QED) is 0.435. The Morgan fingerprint density at radius 1 is 0.939 bits per heavy atom. The van der Waals surface area contributed by atoms with E-state index in [1.165, 1.54) is 12.1 Å². The summed E-state index contributed by atoms with van der Waals surface area (Å²) in [7, 11) is 0. The minimum absolute atomic E-state index is 0.103. The monoisotopic (exact) mass is 443 g/mol. The fourth-order valence-electron chi connectivity index (χ4n) is 4.69. The van der Waals surface area contributed by atoms with Crippen LogP contribution in [-0.2, 0) is 0 Å². The van der Waals surface area contributed by atoms with Gasteiger partial charge in [-0.05, 0) is 81.5 Å². The Kier molecular flexibility index (Phi) is 5.40. The van der Waals surface area contributed by atoms with E-state index in [2.05, 4.69) is 10.1 Å². The molecule has 4 heterocycles. The van der Waals surface area contributed by atoms with Crippen LogP contribution in [0, 0.1) is 26.6 Å². The maximum atomic E-state index is 13.6. The molecule has 7 heteroatoms. The molecular formula is C26H26FN5O. The Morgan fingerprint density at radius 3 is 2.48 bits per heavy atom. The number of aromatic nitrogens is 4. The molecule has 1 atom stereocenters. The van der Waals surface area contributed by atoms with E-state index >= 15 is 0 Å². The van der Waals surface area contributed by atoms with Gasteiger partial charge in [-0.25, -0.2) is 13.9 Å². The Morgan fingerprint density at radius 2 is 1.70 bits per heavy atom. The van der Waals surface area contributed by atoms with Crippen LogP contribution in [0.2, 0.25) is 0 Å². The van der Waals surface area contributed by atoms with Gasteiger partial charge in [0, 0.05) is 29.7 Å². The van der Waals surface area contributed by atoms with Crippen molar-refractivity contribution >= 4 is 11.6 Å². The Balaban J connectivity index is 1.51. The molecule has 1 aliphatic heterocycles. The molecule has 4 aromatic rings. The molecule has 168 valence electrons. The molecular weight excluding hydrogens is 417 g/mol. The van der Waals surface area contributed by atoms with Crippen molar-refractivity contribution in [2.75, 3.05) is 6.54 Å². The molecule has 0 aliphatic carbocycles. The minimum atomic E-state index is -0.263. The lowest BCUT2D eigenvalue weighted by atomic mass is 9.95. The van der Waals surface area contributed by atoms with E-state index in [1.54, 1.807) is 22.7 Å². The van der Waals surface area contributed by atoms with E-state index in [9.17, 15) is 9.18 Å². The third kappa shape index (κ3) is 4.11. The molecule has 3 aromatic heterocycles. The first-order chi connectivity index (χ1) is 15.9. The highest BCUT2D eigenvalue weighted by atomic mass is 19.1. The Hall–Kier alpha value is -3.61. The number of hydrogen-bond donors (Lipinski definition) is 0. The van der Waals surface area contributed by atoms with Gasteiger partial charge in [0.25, 0.3) is 5.91 Å². The lowest BCUT2D eigenvalue weighted by Crippen LogP contribution is -2.39. The number of fused-ring (bicyclic) bond motifs is 1. The summed E-state index contributed by atoms with van der Waals surface area (Å²) in [5, 5.41) is 4.55. The number of rotatable bonds is 3. The third-order valence-electron chi connectivity index (χ3n) is 6.21. The van der Waals surface area contributed by atoms with Crippen molar-refractivity contribution in [2.24, 2.45) is 0 Å². The first-order valence-electron chi connectivity index (χ1n) is 11.3. The van der Waals surface area contributed by atoms with E-state index in [4.69, 9.17) is 4.98 Å². The highest BCUT2D eigenvalue weighted by molar-refractivity contribution is 5.93. The normalized spacial score (nSPS) is 16.4. The highest BCUT2D eigenvalue weighted by Crippen LogP contribution is 2.33. The molecule has 0 saturated carbocycles. The second kappa shape index (κ2) is 8.39. The van der Waals surface area contributed by atoms with Crippen LogP contribution in [-0.4, -0.2) is 36.9 Å². The van der Waals surface area contributed by atoms with Gasteiger partial charge < -0.3 is 4.90 Å². The van der Waals surface area contributed by atoms with Crippen LogP contribution in [0.1, 0.15) is 58.6 Å². The number of halogens is 1. The number of carbonyl (C=O) groups excluding carboxylic acids is 1. The second-order valence-electron chi connectivity index (χ2n) is 8.78. The maximum absolute atomic E-state index is 13.6. The number of carbonyl (C=O) groups is 1. The van der Waals surface area contributed by atoms with Crippen molar-refractivity contribution < 1.29 is 9.18 Å². The average Bonchev–Trinajstić information content (AvgIpc) is 3.23. The van der Waals surface area contributed by atoms with Crippen molar-refractivity contribution in [3.8, 4) is 11.1 Å². The van der Waals surface area contributed by atoms with Gasteiger partial charge in [-0.1, -0.05) is 12.1 Å². The number of aryl methyl sites for hydroxylation is 3. The summed E-state index contributed by atoms with van der Waals surface area (Å²) in [6, 6.07) is 14.1. The number of benzene rings is 1. The fraction of sp³-hybridized carbons (Fsp3) is 0.308. The molecule has 6 nitrogen and oxygen atoms in total. The summed E-state index contributed by atoms with van der Waals surface area (Å²) in [6.07, 6.45) is 2.82. The number of pyridine rings is 1. The molecule has 0 unspecified atom stereocenters. The summed E-state index contributed by atoms with van der Waals surface area (Å²) in [4.78, 5) is 24.8. The van der Waals surface area contributed by atoms with Crippen LogP contribution in [0.4, 0.5) is 4.39 Å². The summed E-state index contributed by atoms with van der Waals surface area (Å²) in [6.45, 7) is 6.50. The Labute approximate surface area is 192 Å². The van der Waals surface area contributed by atoms with E-state index in [-0.39, 0.29) is 17.8 Å². The molecule has 0 N–H and O–H groups in total. The van der Waals surface area contributed by atoms with Crippen LogP contribution in [0.5, 0.6) is 0 Å². The van der Waals surface area contributed by atoms with Gasteiger partial charge >= 0.3 is 0 Å². The molecule has 1 amide bonds. The predicted octanol–water partition coefficient (Wildman–Crippen LogP) is 5.22. The number of amides is 1. The first kappa shape index (κ1) is 21.2. The molecule has 1 aliphatic rings. The van der Waals surface area contributed by atoms with Gasteiger partial charge in [0.05, 0.1) is 11.7 Å². The third-order valence-corrected chi connectivity index (χ3v) is 6.21. The smallest absolute Gasteiger partial charge is 0.275 e. The average molecular weight is 444 g/mol. The standard InChI is InChI=1S/C26H26FN5O/c1-16-12-18(3)32-25(29-16)15-23(30-32)26(33)31-11-5-4-6-24(31)22-14-20(13-17(2)28-22)19-7-9-21(27)10-8-19/h7-10,12-15,24H,4-6,11H2,1-3H3/t24-/m1/s1. The molecule has 1 saturated heterocycles. The van der Waals surface area contributed by atoms with Crippen LogP contribution in [0.3, 0.4) is 0 Å². The number of likely N-dealkylation sites (tertiary alicyclic amines) is 1. The topological polar surface area (TPSA) is 63.4 Å². The van der Waals surface area contributed by atoms with Crippen LogP contribution in [0.25, 0.3) is 16.8 Å². The first-order valence-corrected chi connectivity index (χ1v) is 11.3. The SMILES string of the molecule is Cc1cc(-c2ccc(F)cc2)cc([C@H]2CCCCN2C(=O)c2cc3nc(C)cc(C)n3n2)n1. The molecule has 33 heavy (non-hydrogen) atoms. The van der Waals surface area contributed by atoms with Crippen molar-refractivity contribution in [3.63, 3.8) is 0 Å². The zero-order valence-corrected chi connectivity index (χ0v) is 19.0. The lowest BCUT2D eigenvalue weighted by molar-refractivity contribution is 0.0599. The zero-order valence-electron chi connectivity index (χ0n) is 19.0. The van der Waals surface area contributed by atoms with Crippen molar-refractivity contribution in [1.29, 1.82) is 0 Å². The number of hydrogen-bond acceptors (Lipinski definition) is 4. The predicted molar refractivity (Wildman–Crippen MR) is 124 cm³/mol. The maximum Gasteiger partial charge on any atom is 0.275 e. The summed E-state index contributed by atoms with van der Waals surface area (Å²) < 4.78 is 15.1. The van der Waals surface area contributed by atoms with Crippen molar-refractivity contribution in [2.45, 2.75) is 46.1 Å². The highest BCUT2D eigenvalue weighted by Gasteiger charge is 2.31. The van der Waals surface area contributed by atoms with E-state index < -0.39 is 0 Å². The zero-order chi connectivity index (χ0) is 23.1. The van der Waals surface area contributed by atoms with Crippen molar-refractivity contribution in [3.05, 3.63) is 82.8 Å². The lowest BCUT2D eigenvalue weighted by Gasteiger charge is -2.35.